The number of nitriles is 1. The smallest absolute Gasteiger partial charge is 0.123 e. The van der Waals surface area contributed by atoms with E-state index in [9.17, 15) is 14.8 Å². The molecule has 1 aromatic carbocycles. The fourth-order valence-corrected chi connectivity index (χ4v) is 3.03. The van der Waals surface area contributed by atoms with Crippen LogP contribution in [0.15, 0.2) is 24.3 Å². The summed E-state index contributed by atoms with van der Waals surface area (Å²) in [6.45, 7) is 3.80. The second-order valence-electron chi connectivity index (χ2n) is 5.96. The number of hydrogen-bond donors (Lipinski definition) is 1. The summed E-state index contributed by atoms with van der Waals surface area (Å²) in [4.78, 5) is 0. The quantitative estimate of drug-likeness (QED) is 0.881. The fraction of sp³-hybridized carbons (Fsp3) is 0.562. The van der Waals surface area contributed by atoms with Crippen molar-refractivity contribution < 1.29 is 9.50 Å². The van der Waals surface area contributed by atoms with Crippen LogP contribution in [0.2, 0.25) is 0 Å². The average Bonchev–Trinajstić information content (AvgIpc) is 2.40. The van der Waals surface area contributed by atoms with Gasteiger partial charge in [0.05, 0.1) is 11.5 Å². The van der Waals surface area contributed by atoms with Gasteiger partial charge in [-0.1, -0.05) is 19.1 Å². The van der Waals surface area contributed by atoms with Crippen molar-refractivity contribution in [1.82, 2.24) is 0 Å². The van der Waals surface area contributed by atoms with E-state index in [2.05, 4.69) is 13.0 Å². The first-order chi connectivity index (χ1) is 8.91. The molecule has 1 aliphatic rings. The molecule has 0 aliphatic heterocycles. The number of rotatable bonds is 2. The van der Waals surface area contributed by atoms with Crippen LogP contribution >= 0.6 is 0 Å². The molecular weight excluding hydrogens is 241 g/mol. The lowest BCUT2D eigenvalue weighted by Crippen LogP contribution is -2.45. The summed E-state index contributed by atoms with van der Waals surface area (Å²) in [5, 5.41) is 20.5. The highest BCUT2D eigenvalue weighted by atomic mass is 19.1. The minimum Gasteiger partial charge on any atom is -0.384 e. The maximum Gasteiger partial charge on any atom is 0.123 e. The van der Waals surface area contributed by atoms with E-state index >= 15 is 0 Å². The summed E-state index contributed by atoms with van der Waals surface area (Å²) >= 11 is 0. The van der Waals surface area contributed by atoms with Crippen molar-refractivity contribution in [2.45, 2.75) is 45.1 Å². The lowest BCUT2D eigenvalue weighted by Gasteiger charge is -2.44. The van der Waals surface area contributed by atoms with Crippen LogP contribution in [0.25, 0.3) is 0 Å². The molecule has 0 bridgehead atoms. The Labute approximate surface area is 113 Å². The number of nitrogens with zero attached hydrogens (tertiary/aromatic N) is 1. The number of benzene rings is 1. The first kappa shape index (κ1) is 14.0. The molecule has 1 aromatic rings. The summed E-state index contributed by atoms with van der Waals surface area (Å²) in [5.41, 5.74) is -1.64. The zero-order valence-electron chi connectivity index (χ0n) is 11.5. The molecule has 0 radical (unpaired) electrons. The Morgan fingerprint density at radius 3 is 2.58 bits per heavy atom. The third-order valence-electron chi connectivity index (χ3n) is 4.66. The van der Waals surface area contributed by atoms with Crippen molar-refractivity contribution in [2.24, 2.45) is 11.3 Å². The lowest BCUT2D eigenvalue weighted by atomic mass is 9.61. The van der Waals surface area contributed by atoms with Gasteiger partial charge in [0.2, 0.25) is 0 Å². The molecule has 1 N–H and O–H groups in total. The topological polar surface area (TPSA) is 44.0 Å². The molecule has 19 heavy (non-hydrogen) atoms. The molecule has 1 saturated carbocycles. The molecular formula is C16H20FNO. The van der Waals surface area contributed by atoms with Crippen LogP contribution in [-0.2, 0) is 5.60 Å². The Bertz CT molecular complexity index is 496. The Kier molecular flexibility index (Phi) is 3.64. The summed E-state index contributed by atoms with van der Waals surface area (Å²) < 4.78 is 13.4. The second-order valence-corrected chi connectivity index (χ2v) is 5.96. The van der Waals surface area contributed by atoms with Gasteiger partial charge in [-0.2, -0.15) is 5.26 Å². The van der Waals surface area contributed by atoms with Crippen LogP contribution in [0.4, 0.5) is 4.39 Å². The van der Waals surface area contributed by atoms with E-state index in [-0.39, 0.29) is 5.82 Å². The normalized spacial score (nSPS) is 30.4. The molecule has 0 saturated heterocycles. The van der Waals surface area contributed by atoms with Crippen molar-refractivity contribution in [1.29, 1.82) is 5.26 Å². The molecule has 2 rings (SSSR count). The molecule has 1 atom stereocenters. The van der Waals surface area contributed by atoms with E-state index in [0.29, 0.717) is 24.3 Å². The van der Waals surface area contributed by atoms with E-state index in [1.807, 2.05) is 0 Å². The predicted molar refractivity (Wildman–Crippen MR) is 71.6 cm³/mol. The van der Waals surface area contributed by atoms with Crippen LogP contribution in [0.5, 0.6) is 0 Å². The van der Waals surface area contributed by atoms with Crippen LogP contribution in [0.1, 0.15) is 45.1 Å². The maximum atomic E-state index is 13.4. The van der Waals surface area contributed by atoms with Crippen molar-refractivity contribution in [3.63, 3.8) is 0 Å². The third-order valence-corrected chi connectivity index (χ3v) is 4.66. The number of hydrogen-bond acceptors (Lipinski definition) is 2. The van der Waals surface area contributed by atoms with E-state index in [0.717, 1.165) is 12.8 Å². The van der Waals surface area contributed by atoms with Crippen LogP contribution < -0.4 is 0 Å². The van der Waals surface area contributed by atoms with Crippen molar-refractivity contribution in [3.05, 3.63) is 35.6 Å². The van der Waals surface area contributed by atoms with Crippen molar-refractivity contribution in [2.75, 3.05) is 0 Å². The van der Waals surface area contributed by atoms with Crippen molar-refractivity contribution >= 4 is 0 Å². The Balaban J connectivity index is 2.39. The molecule has 0 heterocycles. The van der Waals surface area contributed by atoms with Gasteiger partial charge in [0.1, 0.15) is 11.4 Å². The molecule has 2 nitrogen and oxygen atoms in total. The Hall–Kier alpha value is -1.40. The zero-order chi connectivity index (χ0) is 14.1. The van der Waals surface area contributed by atoms with Gasteiger partial charge >= 0.3 is 0 Å². The second kappa shape index (κ2) is 4.94. The minimum absolute atomic E-state index is 0.380. The molecule has 102 valence electrons. The molecule has 0 amide bonds. The van der Waals surface area contributed by atoms with Crippen LogP contribution in [0, 0.1) is 28.5 Å². The molecule has 1 unspecified atom stereocenters. The summed E-state index contributed by atoms with van der Waals surface area (Å²) in [6, 6.07) is 8.28. The highest BCUT2D eigenvalue weighted by molar-refractivity contribution is 5.29. The first-order valence-electron chi connectivity index (χ1n) is 6.81. The zero-order valence-corrected chi connectivity index (χ0v) is 11.5. The van der Waals surface area contributed by atoms with Gasteiger partial charge in [-0.25, -0.2) is 4.39 Å². The largest absolute Gasteiger partial charge is 0.384 e. The van der Waals surface area contributed by atoms with E-state index in [4.69, 9.17) is 0 Å². The molecule has 3 heteroatoms. The van der Waals surface area contributed by atoms with Crippen LogP contribution in [0.3, 0.4) is 0 Å². The molecule has 1 aliphatic carbocycles. The van der Waals surface area contributed by atoms with Gasteiger partial charge in [0, 0.05) is 0 Å². The summed E-state index contributed by atoms with van der Waals surface area (Å²) in [6.07, 6.45) is 3.18. The van der Waals surface area contributed by atoms with E-state index in [1.165, 1.54) is 12.1 Å². The van der Waals surface area contributed by atoms with Gasteiger partial charge < -0.3 is 5.11 Å². The van der Waals surface area contributed by atoms with Gasteiger partial charge in [-0.05, 0) is 56.2 Å². The average molecular weight is 261 g/mol. The van der Waals surface area contributed by atoms with Gasteiger partial charge in [0.15, 0.2) is 0 Å². The van der Waals surface area contributed by atoms with Gasteiger partial charge in [-0.3, -0.25) is 0 Å². The summed E-state index contributed by atoms with van der Waals surface area (Å²) in [5.74, 6) is 0.208. The number of aliphatic hydroxyl groups is 1. The Morgan fingerprint density at radius 2 is 2.05 bits per heavy atom. The van der Waals surface area contributed by atoms with Crippen LogP contribution in [-0.4, -0.2) is 5.11 Å². The SMILES string of the molecule is CC1CCC(C#N)(C(C)(O)c2cccc(F)c2)CC1. The molecule has 1 fully saturated rings. The molecule has 0 spiro atoms. The first-order valence-corrected chi connectivity index (χ1v) is 6.81. The predicted octanol–water partition coefficient (Wildman–Crippen LogP) is 3.75. The lowest BCUT2D eigenvalue weighted by molar-refractivity contribution is -0.0688. The third kappa shape index (κ3) is 2.37. The van der Waals surface area contributed by atoms with E-state index < -0.39 is 11.0 Å². The fourth-order valence-electron chi connectivity index (χ4n) is 3.03. The Morgan fingerprint density at radius 1 is 1.42 bits per heavy atom. The molecule has 0 aromatic heterocycles. The monoisotopic (exact) mass is 261 g/mol. The highest BCUT2D eigenvalue weighted by Gasteiger charge is 2.50. The van der Waals surface area contributed by atoms with Crippen molar-refractivity contribution in [3.8, 4) is 6.07 Å². The van der Waals surface area contributed by atoms with E-state index in [1.54, 1.807) is 19.1 Å². The standard InChI is InChI=1S/C16H20FNO/c1-12-6-8-16(11-18,9-7-12)15(2,19)13-4-3-5-14(17)10-13/h3-5,10,12,19H,6-9H2,1-2H3. The highest BCUT2D eigenvalue weighted by Crippen LogP contribution is 2.50. The van der Waals surface area contributed by atoms with Gasteiger partial charge in [0.25, 0.3) is 0 Å². The summed E-state index contributed by atoms with van der Waals surface area (Å²) in [7, 11) is 0. The number of halogens is 1. The minimum atomic E-state index is -1.32. The van der Waals surface area contributed by atoms with Gasteiger partial charge in [-0.15, -0.1) is 0 Å². The maximum absolute atomic E-state index is 13.4.